The first-order valence-electron chi connectivity index (χ1n) is 6.02. The maximum atomic E-state index is 9.82. The molecule has 0 fully saturated rings. The van der Waals surface area contributed by atoms with E-state index in [-0.39, 0.29) is 0 Å². The quantitative estimate of drug-likeness (QED) is 0.595. The Labute approximate surface area is 97.8 Å². The van der Waals surface area contributed by atoms with Gasteiger partial charge in [0.15, 0.2) is 0 Å². The first-order chi connectivity index (χ1) is 7.65. The van der Waals surface area contributed by atoms with Gasteiger partial charge < -0.3 is 5.73 Å². The molecule has 3 N–H and O–H groups in total. The Balaban J connectivity index is 3.24. The maximum absolute atomic E-state index is 9.82. The third-order valence-electron chi connectivity index (χ3n) is 2.87. The fourth-order valence-corrected chi connectivity index (χ4v) is 2.05. The monoisotopic (exact) mass is 222 g/mol. The number of hydrogen-bond acceptors (Lipinski definition) is 3. The number of hydrogen-bond donors (Lipinski definition) is 2. The first-order valence-corrected chi connectivity index (χ1v) is 6.02. The van der Waals surface area contributed by atoms with Crippen molar-refractivity contribution in [3.8, 4) is 0 Å². The summed E-state index contributed by atoms with van der Waals surface area (Å²) < 4.78 is 0. The van der Waals surface area contributed by atoms with Gasteiger partial charge in [-0.25, -0.2) is 0 Å². The molecule has 0 unspecified atom stereocenters. The van der Waals surface area contributed by atoms with Crippen molar-refractivity contribution in [1.29, 1.82) is 0 Å². The zero-order valence-corrected chi connectivity index (χ0v) is 10.5. The standard InChI is InChI=1S/C13H22N2O/c1-4-7-11-10(5-2)13(15(16)6-3)9-8-12(11)14/h8-9,16H,4-7,14H2,1-3H3. The van der Waals surface area contributed by atoms with Crippen molar-refractivity contribution < 1.29 is 5.21 Å². The fraction of sp³-hybridized carbons (Fsp3) is 0.538. The summed E-state index contributed by atoms with van der Waals surface area (Å²) in [6.45, 7) is 6.75. The van der Waals surface area contributed by atoms with Gasteiger partial charge in [0.25, 0.3) is 0 Å². The predicted octanol–water partition coefficient (Wildman–Crippen LogP) is 3.00. The molecule has 0 atom stereocenters. The van der Waals surface area contributed by atoms with Gasteiger partial charge >= 0.3 is 0 Å². The third kappa shape index (κ3) is 2.47. The number of nitrogen functional groups attached to an aromatic ring is 1. The number of anilines is 2. The van der Waals surface area contributed by atoms with Crippen LogP contribution in [-0.4, -0.2) is 11.8 Å². The van der Waals surface area contributed by atoms with Crippen LogP contribution in [0.5, 0.6) is 0 Å². The summed E-state index contributed by atoms with van der Waals surface area (Å²) in [6, 6.07) is 3.79. The molecule has 3 heteroatoms. The molecule has 0 aromatic heterocycles. The number of benzene rings is 1. The van der Waals surface area contributed by atoms with Crippen LogP contribution in [-0.2, 0) is 12.8 Å². The van der Waals surface area contributed by atoms with E-state index in [9.17, 15) is 5.21 Å². The molecule has 90 valence electrons. The van der Waals surface area contributed by atoms with Crippen molar-refractivity contribution in [2.24, 2.45) is 0 Å². The van der Waals surface area contributed by atoms with Crippen LogP contribution in [0.25, 0.3) is 0 Å². The normalized spacial score (nSPS) is 10.5. The molecular formula is C13H22N2O. The van der Waals surface area contributed by atoms with Gasteiger partial charge in [-0.3, -0.25) is 10.3 Å². The number of hydroxylamine groups is 1. The highest BCUT2D eigenvalue weighted by molar-refractivity contribution is 5.64. The third-order valence-corrected chi connectivity index (χ3v) is 2.87. The number of nitrogens with two attached hydrogens (primary N) is 1. The molecule has 0 saturated heterocycles. The summed E-state index contributed by atoms with van der Waals surface area (Å²) in [4.78, 5) is 0. The van der Waals surface area contributed by atoms with Gasteiger partial charge in [0.2, 0.25) is 0 Å². The van der Waals surface area contributed by atoms with E-state index in [0.717, 1.165) is 30.6 Å². The molecule has 0 bridgehead atoms. The van der Waals surface area contributed by atoms with Crippen LogP contribution < -0.4 is 10.8 Å². The lowest BCUT2D eigenvalue weighted by atomic mass is 9.97. The van der Waals surface area contributed by atoms with Gasteiger partial charge in [0.1, 0.15) is 0 Å². The van der Waals surface area contributed by atoms with Crippen LogP contribution in [0, 0.1) is 0 Å². The minimum absolute atomic E-state index is 0.586. The van der Waals surface area contributed by atoms with E-state index in [0.29, 0.717) is 6.54 Å². The SMILES string of the molecule is CCCc1c(N)ccc(N(O)CC)c1CC. The molecule has 0 aliphatic heterocycles. The molecule has 1 aromatic carbocycles. The smallest absolute Gasteiger partial charge is 0.0670 e. The number of nitrogens with zero attached hydrogens (tertiary/aromatic N) is 1. The predicted molar refractivity (Wildman–Crippen MR) is 69.0 cm³/mol. The average molecular weight is 222 g/mol. The summed E-state index contributed by atoms with van der Waals surface area (Å²) in [5.74, 6) is 0. The van der Waals surface area contributed by atoms with Crippen LogP contribution in [0.2, 0.25) is 0 Å². The highest BCUT2D eigenvalue weighted by atomic mass is 16.5. The Hall–Kier alpha value is -1.22. The highest BCUT2D eigenvalue weighted by Crippen LogP contribution is 2.29. The van der Waals surface area contributed by atoms with E-state index in [4.69, 9.17) is 5.73 Å². The maximum Gasteiger partial charge on any atom is 0.0670 e. The summed E-state index contributed by atoms with van der Waals surface area (Å²) in [5.41, 5.74) is 10.1. The lowest BCUT2D eigenvalue weighted by molar-refractivity contribution is 0.259. The van der Waals surface area contributed by atoms with Gasteiger partial charge in [-0.2, -0.15) is 0 Å². The largest absolute Gasteiger partial charge is 0.398 e. The molecular weight excluding hydrogens is 200 g/mol. The second-order valence-electron chi connectivity index (χ2n) is 3.95. The molecule has 1 rings (SSSR count). The van der Waals surface area contributed by atoms with Crippen molar-refractivity contribution in [2.45, 2.75) is 40.0 Å². The van der Waals surface area contributed by atoms with Gasteiger partial charge in [-0.15, -0.1) is 0 Å². The molecule has 0 heterocycles. The number of rotatable bonds is 5. The van der Waals surface area contributed by atoms with Gasteiger partial charge in [-0.1, -0.05) is 20.3 Å². The van der Waals surface area contributed by atoms with Crippen LogP contribution in [0.15, 0.2) is 12.1 Å². The molecule has 0 aliphatic carbocycles. The van der Waals surface area contributed by atoms with Gasteiger partial charge in [0.05, 0.1) is 5.69 Å². The fourth-order valence-electron chi connectivity index (χ4n) is 2.05. The lowest BCUT2D eigenvalue weighted by Crippen LogP contribution is -2.19. The Bertz CT molecular complexity index is 350. The minimum Gasteiger partial charge on any atom is -0.398 e. The molecule has 1 aromatic rings. The molecule has 0 radical (unpaired) electrons. The average Bonchev–Trinajstić information content (AvgIpc) is 2.30. The summed E-state index contributed by atoms with van der Waals surface area (Å²) >= 11 is 0. The Kier molecular flexibility index (Phi) is 4.62. The summed E-state index contributed by atoms with van der Waals surface area (Å²) in [6.07, 6.45) is 2.94. The van der Waals surface area contributed by atoms with Crippen molar-refractivity contribution in [1.82, 2.24) is 0 Å². The summed E-state index contributed by atoms with van der Waals surface area (Å²) in [7, 11) is 0. The second kappa shape index (κ2) is 5.75. The molecule has 0 spiro atoms. The van der Waals surface area contributed by atoms with E-state index in [2.05, 4.69) is 13.8 Å². The molecule has 0 amide bonds. The highest BCUT2D eigenvalue weighted by Gasteiger charge is 2.12. The van der Waals surface area contributed by atoms with Crippen molar-refractivity contribution in [3.63, 3.8) is 0 Å². The van der Waals surface area contributed by atoms with Crippen LogP contribution >= 0.6 is 0 Å². The zero-order valence-electron chi connectivity index (χ0n) is 10.5. The molecule has 0 aliphatic rings. The Morgan fingerprint density at radius 1 is 1.19 bits per heavy atom. The van der Waals surface area contributed by atoms with E-state index < -0.39 is 0 Å². The van der Waals surface area contributed by atoms with Gasteiger partial charge in [-0.05, 0) is 43.0 Å². The van der Waals surface area contributed by atoms with Crippen molar-refractivity contribution in [2.75, 3.05) is 17.3 Å². The Morgan fingerprint density at radius 3 is 2.38 bits per heavy atom. The van der Waals surface area contributed by atoms with E-state index >= 15 is 0 Å². The zero-order chi connectivity index (χ0) is 12.1. The minimum atomic E-state index is 0.586. The van der Waals surface area contributed by atoms with Crippen molar-refractivity contribution in [3.05, 3.63) is 23.3 Å². The molecule has 16 heavy (non-hydrogen) atoms. The Morgan fingerprint density at radius 2 is 1.88 bits per heavy atom. The van der Waals surface area contributed by atoms with E-state index in [1.165, 1.54) is 16.2 Å². The lowest BCUT2D eigenvalue weighted by Gasteiger charge is -2.21. The van der Waals surface area contributed by atoms with E-state index in [1.807, 2.05) is 19.1 Å². The van der Waals surface area contributed by atoms with Crippen LogP contribution in [0.1, 0.15) is 38.3 Å². The van der Waals surface area contributed by atoms with Crippen LogP contribution in [0.3, 0.4) is 0 Å². The van der Waals surface area contributed by atoms with Gasteiger partial charge in [0, 0.05) is 12.2 Å². The second-order valence-corrected chi connectivity index (χ2v) is 3.95. The molecule has 0 saturated carbocycles. The first kappa shape index (κ1) is 12.8. The van der Waals surface area contributed by atoms with E-state index in [1.54, 1.807) is 0 Å². The van der Waals surface area contributed by atoms with Crippen LogP contribution in [0.4, 0.5) is 11.4 Å². The molecule has 3 nitrogen and oxygen atoms in total. The summed E-state index contributed by atoms with van der Waals surface area (Å²) in [5, 5.41) is 11.1. The van der Waals surface area contributed by atoms with Crippen molar-refractivity contribution >= 4 is 11.4 Å². The topological polar surface area (TPSA) is 49.5 Å².